The molecule has 0 saturated heterocycles. The number of rotatable bonds is 3. The number of nitrogens with zero attached hydrogens (tertiary/aromatic N) is 2. The van der Waals surface area contributed by atoms with E-state index >= 15 is 0 Å². The van der Waals surface area contributed by atoms with Crippen LogP contribution in [0.1, 0.15) is 0 Å². The lowest BCUT2D eigenvalue weighted by Crippen LogP contribution is -2.07. The lowest BCUT2D eigenvalue weighted by Gasteiger charge is -1.92. The van der Waals surface area contributed by atoms with Crippen molar-refractivity contribution in [2.75, 3.05) is 5.75 Å². The van der Waals surface area contributed by atoms with E-state index in [1.54, 1.807) is 6.08 Å². The van der Waals surface area contributed by atoms with Crippen LogP contribution < -0.4 is 5.56 Å². The van der Waals surface area contributed by atoms with Gasteiger partial charge in [0.05, 0.1) is 0 Å². The van der Waals surface area contributed by atoms with Gasteiger partial charge in [-0.1, -0.05) is 17.8 Å². The van der Waals surface area contributed by atoms with E-state index in [4.69, 9.17) is 0 Å². The maximum Gasteiger partial charge on any atom is 0.270 e. The summed E-state index contributed by atoms with van der Waals surface area (Å²) in [4.78, 5) is 13.2. The SMILES string of the molecule is C=CCSc1nncc(=O)[nH]1. The molecule has 0 radical (unpaired) electrons. The summed E-state index contributed by atoms with van der Waals surface area (Å²) >= 11 is 1.39. The first kappa shape index (κ1) is 8.00. The quantitative estimate of drug-likeness (QED) is 0.527. The summed E-state index contributed by atoms with van der Waals surface area (Å²) < 4.78 is 0. The Balaban J connectivity index is 2.71. The molecule has 4 nitrogen and oxygen atoms in total. The highest BCUT2D eigenvalue weighted by molar-refractivity contribution is 7.99. The van der Waals surface area contributed by atoms with Crippen molar-refractivity contribution in [2.45, 2.75) is 5.16 Å². The Morgan fingerprint density at radius 1 is 1.82 bits per heavy atom. The molecule has 1 aromatic heterocycles. The fourth-order valence-corrected chi connectivity index (χ4v) is 1.05. The van der Waals surface area contributed by atoms with E-state index in [2.05, 4.69) is 21.8 Å². The molecule has 5 heteroatoms. The molecule has 0 atom stereocenters. The topological polar surface area (TPSA) is 58.6 Å². The molecular formula is C6H7N3OS. The van der Waals surface area contributed by atoms with E-state index in [0.29, 0.717) is 10.9 Å². The van der Waals surface area contributed by atoms with Crippen LogP contribution in [-0.4, -0.2) is 20.9 Å². The van der Waals surface area contributed by atoms with Gasteiger partial charge in [-0.2, -0.15) is 5.10 Å². The van der Waals surface area contributed by atoms with Crippen molar-refractivity contribution in [3.63, 3.8) is 0 Å². The molecule has 0 aliphatic carbocycles. The molecule has 58 valence electrons. The third kappa shape index (κ3) is 2.55. The normalized spacial score (nSPS) is 9.45. The van der Waals surface area contributed by atoms with Crippen molar-refractivity contribution >= 4 is 11.8 Å². The highest BCUT2D eigenvalue weighted by Crippen LogP contribution is 2.07. The van der Waals surface area contributed by atoms with Crippen molar-refractivity contribution in [1.29, 1.82) is 0 Å². The van der Waals surface area contributed by atoms with Crippen LogP contribution in [0.25, 0.3) is 0 Å². The van der Waals surface area contributed by atoms with E-state index < -0.39 is 0 Å². The van der Waals surface area contributed by atoms with Gasteiger partial charge >= 0.3 is 0 Å². The standard InChI is InChI=1S/C6H7N3OS/c1-2-3-11-6-8-5(10)4-7-9-6/h2,4H,1,3H2,(H,8,9,10). The molecule has 11 heavy (non-hydrogen) atoms. The maximum absolute atomic E-state index is 10.7. The third-order valence-electron chi connectivity index (χ3n) is 0.892. The van der Waals surface area contributed by atoms with Crippen molar-refractivity contribution in [3.8, 4) is 0 Å². The molecule has 0 amide bonds. The van der Waals surface area contributed by atoms with Gasteiger partial charge in [-0.15, -0.1) is 11.7 Å². The average molecular weight is 169 g/mol. The molecule has 1 N–H and O–H groups in total. The molecule has 0 spiro atoms. The van der Waals surface area contributed by atoms with Gasteiger partial charge in [-0.05, 0) is 0 Å². The Hall–Kier alpha value is -1.10. The second-order valence-electron chi connectivity index (χ2n) is 1.74. The Morgan fingerprint density at radius 2 is 2.64 bits per heavy atom. The van der Waals surface area contributed by atoms with Crippen LogP contribution in [0.4, 0.5) is 0 Å². The molecule has 1 heterocycles. The molecule has 0 bridgehead atoms. The van der Waals surface area contributed by atoms with Gasteiger partial charge < -0.3 is 0 Å². The van der Waals surface area contributed by atoms with Crippen LogP contribution in [0.5, 0.6) is 0 Å². The number of hydrogen-bond acceptors (Lipinski definition) is 4. The van der Waals surface area contributed by atoms with E-state index in [1.807, 2.05) is 0 Å². The molecule has 0 aliphatic heterocycles. The summed E-state index contributed by atoms with van der Waals surface area (Å²) in [6.45, 7) is 3.54. The van der Waals surface area contributed by atoms with Gasteiger partial charge in [0.25, 0.3) is 5.56 Å². The van der Waals surface area contributed by atoms with Crippen LogP contribution >= 0.6 is 11.8 Å². The summed E-state index contributed by atoms with van der Waals surface area (Å²) in [5, 5.41) is 7.70. The van der Waals surface area contributed by atoms with E-state index in [0.717, 1.165) is 6.20 Å². The smallest absolute Gasteiger partial charge is 0.270 e. The minimum atomic E-state index is -0.230. The number of thioether (sulfide) groups is 1. The predicted molar refractivity (Wildman–Crippen MR) is 43.6 cm³/mol. The van der Waals surface area contributed by atoms with Gasteiger partial charge in [-0.25, -0.2) is 0 Å². The number of nitrogens with one attached hydrogen (secondary N) is 1. The number of hydrogen-bond donors (Lipinski definition) is 1. The summed E-state index contributed by atoms with van der Waals surface area (Å²) in [6.07, 6.45) is 2.87. The van der Waals surface area contributed by atoms with Crippen molar-refractivity contribution in [3.05, 3.63) is 29.2 Å². The molecule has 1 aromatic rings. The zero-order valence-corrected chi connectivity index (χ0v) is 6.60. The predicted octanol–water partition coefficient (Wildman–Crippen LogP) is 0.443. The average Bonchev–Trinajstić information content (AvgIpc) is 2.01. The summed E-state index contributed by atoms with van der Waals surface area (Å²) in [5.74, 6) is 0.717. The van der Waals surface area contributed by atoms with Crippen LogP contribution in [0.3, 0.4) is 0 Å². The van der Waals surface area contributed by atoms with Crippen LogP contribution in [0.15, 0.2) is 28.8 Å². The maximum atomic E-state index is 10.7. The molecule has 0 aliphatic rings. The highest BCUT2D eigenvalue weighted by atomic mass is 32.2. The second-order valence-corrected chi connectivity index (χ2v) is 2.75. The van der Waals surface area contributed by atoms with Gasteiger partial charge in [-0.3, -0.25) is 9.78 Å². The lowest BCUT2D eigenvalue weighted by atomic mass is 10.8. The first-order chi connectivity index (χ1) is 5.33. The fraction of sp³-hybridized carbons (Fsp3) is 0.167. The van der Waals surface area contributed by atoms with E-state index in [9.17, 15) is 4.79 Å². The zero-order valence-electron chi connectivity index (χ0n) is 5.78. The minimum Gasteiger partial charge on any atom is -0.299 e. The Labute approximate surface area is 67.7 Å². The fourth-order valence-electron chi connectivity index (χ4n) is 0.499. The molecule has 0 unspecified atom stereocenters. The number of H-pyrrole nitrogens is 1. The largest absolute Gasteiger partial charge is 0.299 e. The molecule has 0 saturated carbocycles. The van der Waals surface area contributed by atoms with Crippen molar-refractivity contribution in [2.24, 2.45) is 0 Å². The molecular weight excluding hydrogens is 162 g/mol. The van der Waals surface area contributed by atoms with Gasteiger partial charge in [0.2, 0.25) is 0 Å². The second kappa shape index (κ2) is 3.92. The Morgan fingerprint density at radius 3 is 3.27 bits per heavy atom. The monoisotopic (exact) mass is 169 g/mol. The van der Waals surface area contributed by atoms with Crippen LogP contribution in [0.2, 0.25) is 0 Å². The highest BCUT2D eigenvalue weighted by Gasteiger charge is 1.93. The van der Waals surface area contributed by atoms with Gasteiger partial charge in [0.15, 0.2) is 5.16 Å². The van der Waals surface area contributed by atoms with E-state index in [1.165, 1.54) is 11.8 Å². The van der Waals surface area contributed by atoms with Crippen molar-refractivity contribution < 1.29 is 0 Å². The van der Waals surface area contributed by atoms with Crippen LogP contribution in [-0.2, 0) is 0 Å². The zero-order chi connectivity index (χ0) is 8.10. The summed E-state index contributed by atoms with van der Waals surface area (Å²) in [5.41, 5.74) is -0.230. The Kier molecular flexibility index (Phi) is 2.85. The lowest BCUT2D eigenvalue weighted by molar-refractivity contribution is 0.818. The third-order valence-corrected chi connectivity index (χ3v) is 1.75. The van der Waals surface area contributed by atoms with Crippen molar-refractivity contribution in [1.82, 2.24) is 15.2 Å². The first-order valence-corrected chi connectivity index (χ1v) is 3.97. The number of aromatic nitrogens is 3. The minimum absolute atomic E-state index is 0.230. The molecule has 0 aromatic carbocycles. The summed E-state index contributed by atoms with van der Waals surface area (Å²) in [6, 6.07) is 0. The molecule has 0 fully saturated rings. The van der Waals surface area contributed by atoms with E-state index in [-0.39, 0.29) is 5.56 Å². The number of aromatic amines is 1. The molecule has 1 rings (SSSR count). The van der Waals surface area contributed by atoms with Gasteiger partial charge in [0, 0.05) is 5.75 Å². The van der Waals surface area contributed by atoms with Gasteiger partial charge in [0.1, 0.15) is 6.20 Å². The first-order valence-electron chi connectivity index (χ1n) is 2.98. The van der Waals surface area contributed by atoms with Crippen LogP contribution in [0, 0.1) is 0 Å². The summed E-state index contributed by atoms with van der Waals surface area (Å²) in [7, 11) is 0. The Bertz CT molecular complexity index is 296.